The van der Waals surface area contributed by atoms with E-state index in [1.807, 2.05) is 24.3 Å². The first-order chi connectivity index (χ1) is 32.8. The number of methoxy groups -OCH3 is 9. The van der Waals surface area contributed by atoms with E-state index in [1.165, 1.54) is 16.7 Å². The van der Waals surface area contributed by atoms with Crippen molar-refractivity contribution in [3.05, 3.63) is 100 Å². The van der Waals surface area contributed by atoms with Gasteiger partial charge in [-0.1, -0.05) is 6.07 Å². The predicted molar refractivity (Wildman–Crippen MR) is 257 cm³/mol. The van der Waals surface area contributed by atoms with Crippen LogP contribution in [-0.4, -0.2) is 138 Å². The number of fused-ring (bicyclic) bond motifs is 2. The van der Waals surface area contributed by atoms with Gasteiger partial charge in [-0.15, -0.1) is 0 Å². The van der Waals surface area contributed by atoms with E-state index in [2.05, 4.69) is 44.4 Å². The minimum absolute atomic E-state index is 0. The highest BCUT2D eigenvalue weighted by atomic mass is 35.5. The van der Waals surface area contributed by atoms with Gasteiger partial charge < -0.3 is 85.9 Å². The standard InChI is InChI=1S/C53H70N2O13.2ClH/c1-54(22-18-37-31-45(60-5)47(62-7)33-39(37)41(54)26-35-14-15-43(58-3)44(28-35)59-4)20-12-24-67-51(56)16-17-52(57)68-25-13-21-55(2)23-19-38-32-46(61-6)48(63-8)34-40(38)42(55)27-36-29-49(64-9)53(66-11)50(30-36)65-10;;/h14-17,28-34,41-42H,12-13,18-27H2,1-11H3;2*1H/q+2;;/p-2/b17-16+;;/t41-,42-,54?,55-;;/m1../s1. The Kier molecular flexibility index (Phi) is 21.1. The van der Waals surface area contributed by atoms with Gasteiger partial charge in [-0.05, 0) is 70.8 Å². The number of carbonyl (C=O) groups excluding carboxylic acids is 2. The van der Waals surface area contributed by atoms with Crippen LogP contribution >= 0.6 is 0 Å². The normalized spacial score (nSPS) is 19.0. The second kappa shape index (κ2) is 25.9. The van der Waals surface area contributed by atoms with E-state index in [4.69, 9.17) is 52.1 Å². The maximum Gasteiger partial charge on any atom is 0.331 e. The van der Waals surface area contributed by atoms with Crippen LogP contribution in [0, 0.1) is 0 Å². The number of benzene rings is 4. The van der Waals surface area contributed by atoms with Crippen LogP contribution in [0.5, 0.6) is 51.7 Å². The Morgan fingerprint density at radius 3 is 1.26 bits per heavy atom. The van der Waals surface area contributed by atoms with Crippen molar-refractivity contribution < 1.29 is 95.5 Å². The molecule has 0 fully saturated rings. The second-order valence-corrected chi connectivity index (χ2v) is 17.7. The average molecular weight is 1010 g/mol. The Labute approximate surface area is 425 Å². The minimum Gasteiger partial charge on any atom is -1.00 e. The first-order valence-electron chi connectivity index (χ1n) is 23.0. The summed E-state index contributed by atoms with van der Waals surface area (Å²) in [6.07, 6.45) is 6.58. The molecule has 0 saturated carbocycles. The zero-order valence-electron chi connectivity index (χ0n) is 42.4. The van der Waals surface area contributed by atoms with Crippen molar-refractivity contribution in [1.29, 1.82) is 0 Å². The molecule has 2 heterocycles. The van der Waals surface area contributed by atoms with Gasteiger partial charge in [0.1, 0.15) is 12.1 Å². The second-order valence-electron chi connectivity index (χ2n) is 17.7. The summed E-state index contributed by atoms with van der Waals surface area (Å²) in [4.78, 5) is 25.7. The molecule has 0 aromatic heterocycles. The molecule has 1 unspecified atom stereocenters. The molecule has 15 nitrogen and oxygen atoms in total. The van der Waals surface area contributed by atoms with E-state index in [0.717, 1.165) is 78.8 Å². The van der Waals surface area contributed by atoms with Crippen molar-refractivity contribution in [3.63, 3.8) is 0 Å². The highest BCUT2D eigenvalue weighted by Gasteiger charge is 2.41. The van der Waals surface area contributed by atoms with Crippen molar-refractivity contribution in [2.75, 3.05) is 117 Å². The molecule has 17 heteroatoms. The molecular weight excluding hydrogens is 943 g/mol. The van der Waals surface area contributed by atoms with E-state index >= 15 is 0 Å². The molecule has 4 aromatic rings. The molecule has 2 aliphatic rings. The van der Waals surface area contributed by atoms with E-state index in [-0.39, 0.29) is 50.1 Å². The van der Waals surface area contributed by atoms with E-state index < -0.39 is 11.9 Å². The monoisotopic (exact) mass is 1010 g/mol. The van der Waals surface area contributed by atoms with Gasteiger partial charge in [0, 0.05) is 61.8 Å². The molecule has 4 atom stereocenters. The summed E-state index contributed by atoms with van der Waals surface area (Å²) in [5.41, 5.74) is 6.90. The molecule has 4 aromatic carbocycles. The summed E-state index contributed by atoms with van der Waals surface area (Å²) in [5, 5.41) is 0. The number of esters is 2. The fourth-order valence-corrected chi connectivity index (χ4v) is 9.99. The van der Waals surface area contributed by atoms with Gasteiger partial charge in [-0.25, -0.2) is 9.59 Å². The van der Waals surface area contributed by atoms with Crippen molar-refractivity contribution in [2.24, 2.45) is 0 Å². The van der Waals surface area contributed by atoms with E-state index in [0.29, 0.717) is 75.5 Å². The third kappa shape index (κ3) is 13.0. The Morgan fingerprint density at radius 1 is 0.486 bits per heavy atom. The van der Waals surface area contributed by atoms with Crippen molar-refractivity contribution >= 4 is 11.9 Å². The largest absolute Gasteiger partial charge is 1.00 e. The maximum absolute atomic E-state index is 12.9. The Balaban J connectivity index is 0.00000533. The highest BCUT2D eigenvalue weighted by molar-refractivity contribution is 5.91. The molecule has 0 saturated heterocycles. The minimum atomic E-state index is -0.602. The van der Waals surface area contributed by atoms with Gasteiger partial charge in [-0.2, -0.15) is 0 Å². The van der Waals surface area contributed by atoms with Gasteiger partial charge in [-0.3, -0.25) is 0 Å². The Hall–Kier alpha value is -5.74. The molecule has 0 radical (unpaired) electrons. The number of halogens is 2. The molecule has 0 N–H and O–H groups in total. The predicted octanol–water partition coefficient (Wildman–Crippen LogP) is 1.47. The van der Waals surface area contributed by atoms with Crippen molar-refractivity contribution in [2.45, 2.75) is 50.6 Å². The maximum atomic E-state index is 12.9. The number of nitrogens with zero attached hydrogens (tertiary/aromatic N) is 2. The topological polar surface area (TPSA) is 136 Å². The van der Waals surface area contributed by atoms with Crippen LogP contribution in [0.2, 0.25) is 0 Å². The Morgan fingerprint density at radius 2 is 0.857 bits per heavy atom. The van der Waals surface area contributed by atoms with Crippen LogP contribution in [0.15, 0.2) is 66.7 Å². The lowest BCUT2D eigenvalue weighted by atomic mass is 9.86. The number of rotatable bonds is 23. The van der Waals surface area contributed by atoms with E-state index in [9.17, 15) is 9.59 Å². The van der Waals surface area contributed by atoms with Gasteiger partial charge in [0.05, 0.1) is 117 Å². The lowest BCUT2D eigenvalue weighted by Crippen LogP contribution is -3.00. The summed E-state index contributed by atoms with van der Waals surface area (Å²) < 4.78 is 63.5. The summed E-state index contributed by atoms with van der Waals surface area (Å²) in [6, 6.07) is 18.4. The van der Waals surface area contributed by atoms with Crippen LogP contribution in [0.1, 0.15) is 58.3 Å². The molecule has 384 valence electrons. The van der Waals surface area contributed by atoms with Crippen LogP contribution in [0.4, 0.5) is 0 Å². The van der Waals surface area contributed by atoms with Crippen molar-refractivity contribution in [1.82, 2.24) is 0 Å². The number of hydrogen-bond acceptors (Lipinski definition) is 13. The van der Waals surface area contributed by atoms with E-state index in [1.54, 1.807) is 64.0 Å². The number of carbonyl (C=O) groups is 2. The summed E-state index contributed by atoms with van der Waals surface area (Å²) in [6.45, 7) is 3.59. The molecular formula is C53H70Cl2N2O13. The van der Waals surface area contributed by atoms with Crippen molar-refractivity contribution in [3.8, 4) is 51.7 Å². The van der Waals surface area contributed by atoms with Gasteiger partial charge in [0.25, 0.3) is 0 Å². The first-order valence-corrected chi connectivity index (χ1v) is 23.0. The number of hydrogen-bond donors (Lipinski definition) is 0. The molecule has 2 aliphatic heterocycles. The quantitative estimate of drug-likeness (QED) is 0.0460. The highest BCUT2D eigenvalue weighted by Crippen LogP contribution is 2.46. The summed E-state index contributed by atoms with van der Waals surface area (Å²) >= 11 is 0. The van der Waals surface area contributed by atoms with Crippen LogP contribution in [0.3, 0.4) is 0 Å². The fourth-order valence-electron chi connectivity index (χ4n) is 9.99. The zero-order valence-corrected chi connectivity index (χ0v) is 44.0. The zero-order chi connectivity index (χ0) is 49.0. The first kappa shape index (κ1) is 56.8. The smallest absolute Gasteiger partial charge is 0.331 e. The number of ether oxygens (including phenoxy) is 11. The average Bonchev–Trinajstić information content (AvgIpc) is 3.36. The molecule has 0 aliphatic carbocycles. The molecule has 70 heavy (non-hydrogen) atoms. The molecule has 0 amide bonds. The summed E-state index contributed by atoms with van der Waals surface area (Å²) in [5.74, 6) is 4.60. The molecule has 6 rings (SSSR count). The molecule has 0 bridgehead atoms. The third-order valence-corrected chi connectivity index (χ3v) is 13.8. The van der Waals surface area contributed by atoms with Gasteiger partial charge in [0.2, 0.25) is 5.75 Å². The fraction of sp³-hybridized carbons (Fsp3) is 0.472. The number of quaternary nitrogens is 2. The SMILES string of the molecule is COc1ccc(C[C@@H]2c3cc(OC)c(OC)cc3CC[N+]2(C)CCCOC(=O)/C=C/C(=O)OCCC[N@+]2(C)CCc3cc(OC)c(OC)cc3[C@H]2Cc2cc(OC)c(OC)c(OC)c2)cc1OC.[Cl-].[Cl-]. The third-order valence-electron chi connectivity index (χ3n) is 13.8. The van der Waals surface area contributed by atoms with Gasteiger partial charge >= 0.3 is 11.9 Å². The molecule has 0 spiro atoms. The van der Waals surface area contributed by atoms with Gasteiger partial charge in [0.15, 0.2) is 46.0 Å². The lowest BCUT2D eigenvalue weighted by molar-refractivity contribution is -0.941. The summed E-state index contributed by atoms with van der Waals surface area (Å²) in [7, 11) is 19.2. The van der Waals surface area contributed by atoms with Crippen LogP contribution < -0.4 is 67.4 Å². The Bertz CT molecular complexity index is 2410. The van der Waals surface area contributed by atoms with Crippen LogP contribution in [0.25, 0.3) is 0 Å². The lowest BCUT2D eigenvalue weighted by Gasteiger charge is -2.46. The number of likely N-dealkylation sites (N-methyl/N-ethyl adjacent to an activating group) is 2. The van der Waals surface area contributed by atoms with Crippen LogP contribution in [-0.2, 0) is 44.7 Å².